The van der Waals surface area contributed by atoms with E-state index in [1.165, 1.54) is 0 Å². The third kappa shape index (κ3) is 3.63. The fraction of sp³-hybridized carbons (Fsp3) is 0.263. The van der Waals surface area contributed by atoms with Crippen molar-refractivity contribution in [1.29, 1.82) is 0 Å². The molecule has 0 radical (unpaired) electrons. The molecule has 5 heteroatoms. The minimum atomic E-state index is -0.308. The lowest BCUT2D eigenvalue weighted by atomic mass is 9.95. The highest BCUT2D eigenvalue weighted by Crippen LogP contribution is 2.19. The molecule has 0 spiro atoms. The van der Waals surface area contributed by atoms with Gasteiger partial charge in [0.1, 0.15) is 5.82 Å². The van der Waals surface area contributed by atoms with Crippen LogP contribution >= 0.6 is 0 Å². The lowest BCUT2D eigenvalue weighted by Crippen LogP contribution is -2.36. The lowest BCUT2D eigenvalue weighted by molar-refractivity contribution is -0.125. The Kier molecular flexibility index (Phi) is 4.91. The number of rotatable bonds is 6. The number of nitrogens with one attached hydrogen (secondary N) is 2. The van der Waals surface area contributed by atoms with Crippen LogP contribution in [0.5, 0.6) is 0 Å². The molecule has 5 nitrogen and oxygen atoms in total. The lowest BCUT2D eigenvalue weighted by Gasteiger charge is -2.19. The van der Waals surface area contributed by atoms with Crippen LogP contribution in [0.15, 0.2) is 54.6 Å². The standard InChI is InChI=1S/C19H22N4O/c1-13(18(20)14-7-3-2-4-8-14)19(24)21-12-11-17-22-15-9-5-6-10-16(15)23-17/h2-10,13,18H,11-12,20H2,1H3,(H,21,24)(H,22,23). The fourth-order valence-corrected chi connectivity index (χ4v) is 2.72. The quantitative estimate of drug-likeness (QED) is 0.652. The first kappa shape index (κ1) is 16.2. The predicted octanol–water partition coefficient (Wildman–Crippen LogP) is 2.56. The van der Waals surface area contributed by atoms with Gasteiger partial charge in [0.2, 0.25) is 5.91 Å². The Morgan fingerprint density at radius 3 is 2.62 bits per heavy atom. The van der Waals surface area contributed by atoms with Crippen LogP contribution in [0.25, 0.3) is 11.0 Å². The SMILES string of the molecule is CC(C(=O)NCCc1nc2ccccc2[nH]1)C(N)c1ccccc1. The molecule has 124 valence electrons. The number of benzene rings is 2. The number of nitrogens with zero attached hydrogens (tertiary/aromatic N) is 1. The smallest absolute Gasteiger partial charge is 0.224 e. The van der Waals surface area contributed by atoms with Crippen LogP contribution in [0.2, 0.25) is 0 Å². The molecule has 4 N–H and O–H groups in total. The summed E-state index contributed by atoms with van der Waals surface area (Å²) in [6.45, 7) is 2.39. The number of fused-ring (bicyclic) bond motifs is 1. The van der Waals surface area contributed by atoms with E-state index in [0.717, 1.165) is 22.4 Å². The Morgan fingerprint density at radius 2 is 1.88 bits per heavy atom. The second-order valence-electron chi connectivity index (χ2n) is 5.97. The zero-order valence-electron chi connectivity index (χ0n) is 13.7. The highest BCUT2D eigenvalue weighted by molar-refractivity contribution is 5.79. The van der Waals surface area contributed by atoms with Gasteiger partial charge in [0.25, 0.3) is 0 Å². The van der Waals surface area contributed by atoms with E-state index < -0.39 is 0 Å². The molecule has 0 saturated heterocycles. The van der Waals surface area contributed by atoms with Crippen molar-refractivity contribution in [3.05, 3.63) is 66.0 Å². The van der Waals surface area contributed by atoms with Crippen LogP contribution in [0, 0.1) is 5.92 Å². The van der Waals surface area contributed by atoms with Crippen LogP contribution in [-0.2, 0) is 11.2 Å². The molecule has 3 rings (SSSR count). The van der Waals surface area contributed by atoms with Crippen molar-refractivity contribution in [3.63, 3.8) is 0 Å². The van der Waals surface area contributed by atoms with Crippen LogP contribution in [0.3, 0.4) is 0 Å². The van der Waals surface area contributed by atoms with Gasteiger partial charge in [-0.15, -0.1) is 0 Å². The van der Waals surface area contributed by atoms with E-state index in [2.05, 4.69) is 15.3 Å². The number of aromatic amines is 1. The number of carbonyl (C=O) groups is 1. The molecule has 3 aromatic rings. The normalized spacial score (nSPS) is 13.6. The molecule has 0 aliphatic rings. The van der Waals surface area contributed by atoms with Gasteiger partial charge in [-0.2, -0.15) is 0 Å². The predicted molar refractivity (Wildman–Crippen MR) is 95.3 cm³/mol. The van der Waals surface area contributed by atoms with Gasteiger partial charge in [-0.25, -0.2) is 4.98 Å². The maximum absolute atomic E-state index is 12.3. The molecular weight excluding hydrogens is 300 g/mol. The summed E-state index contributed by atoms with van der Waals surface area (Å²) < 4.78 is 0. The average molecular weight is 322 g/mol. The topological polar surface area (TPSA) is 83.8 Å². The minimum absolute atomic E-state index is 0.0394. The number of hydrogen-bond acceptors (Lipinski definition) is 3. The number of carbonyl (C=O) groups excluding carboxylic acids is 1. The Hall–Kier alpha value is -2.66. The van der Waals surface area contributed by atoms with Gasteiger partial charge in [0.15, 0.2) is 0 Å². The van der Waals surface area contributed by atoms with Crippen LogP contribution in [0.4, 0.5) is 0 Å². The number of para-hydroxylation sites is 2. The van der Waals surface area contributed by atoms with Crippen molar-refractivity contribution in [3.8, 4) is 0 Å². The second kappa shape index (κ2) is 7.27. The monoisotopic (exact) mass is 322 g/mol. The first-order valence-corrected chi connectivity index (χ1v) is 8.17. The number of hydrogen-bond donors (Lipinski definition) is 3. The third-order valence-corrected chi connectivity index (χ3v) is 4.24. The molecule has 0 bridgehead atoms. The zero-order chi connectivity index (χ0) is 16.9. The molecule has 0 aliphatic heterocycles. The fourth-order valence-electron chi connectivity index (χ4n) is 2.72. The van der Waals surface area contributed by atoms with Crippen molar-refractivity contribution >= 4 is 16.9 Å². The summed E-state index contributed by atoms with van der Waals surface area (Å²) >= 11 is 0. The van der Waals surface area contributed by atoms with Gasteiger partial charge in [0, 0.05) is 19.0 Å². The van der Waals surface area contributed by atoms with Crippen molar-refractivity contribution in [2.75, 3.05) is 6.54 Å². The minimum Gasteiger partial charge on any atom is -0.355 e. The van der Waals surface area contributed by atoms with E-state index in [-0.39, 0.29) is 17.9 Å². The van der Waals surface area contributed by atoms with E-state index in [1.807, 2.05) is 61.5 Å². The zero-order valence-corrected chi connectivity index (χ0v) is 13.7. The molecular formula is C19H22N4O. The summed E-state index contributed by atoms with van der Waals surface area (Å²) in [5, 5.41) is 2.95. The summed E-state index contributed by atoms with van der Waals surface area (Å²) in [4.78, 5) is 20.1. The van der Waals surface area contributed by atoms with Gasteiger partial charge in [-0.1, -0.05) is 49.4 Å². The summed E-state index contributed by atoms with van der Waals surface area (Å²) in [7, 11) is 0. The van der Waals surface area contributed by atoms with Gasteiger partial charge >= 0.3 is 0 Å². The van der Waals surface area contributed by atoms with E-state index in [0.29, 0.717) is 13.0 Å². The van der Waals surface area contributed by atoms with E-state index in [9.17, 15) is 4.79 Å². The number of amides is 1. The average Bonchev–Trinajstić information content (AvgIpc) is 3.03. The number of nitrogens with two attached hydrogens (primary N) is 1. The van der Waals surface area contributed by atoms with Crippen molar-refractivity contribution < 1.29 is 4.79 Å². The van der Waals surface area contributed by atoms with Crippen LogP contribution in [0.1, 0.15) is 24.4 Å². The highest BCUT2D eigenvalue weighted by Gasteiger charge is 2.21. The van der Waals surface area contributed by atoms with Gasteiger partial charge < -0.3 is 16.0 Å². The van der Waals surface area contributed by atoms with Crippen molar-refractivity contribution in [2.24, 2.45) is 11.7 Å². The largest absolute Gasteiger partial charge is 0.355 e. The van der Waals surface area contributed by atoms with Gasteiger partial charge in [-0.3, -0.25) is 4.79 Å². The Balaban J connectivity index is 1.53. The Morgan fingerprint density at radius 1 is 1.17 bits per heavy atom. The number of aromatic nitrogens is 2. The molecule has 1 aromatic heterocycles. The molecule has 24 heavy (non-hydrogen) atoms. The summed E-state index contributed by atoms with van der Waals surface area (Å²) in [5.41, 5.74) is 9.12. The summed E-state index contributed by atoms with van der Waals surface area (Å²) in [6, 6.07) is 17.3. The molecule has 1 heterocycles. The maximum atomic E-state index is 12.3. The molecule has 1 amide bonds. The summed E-state index contributed by atoms with van der Waals surface area (Å²) in [6.07, 6.45) is 0.660. The Bertz CT molecular complexity index is 779. The number of H-pyrrole nitrogens is 1. The Labute approximate surface area is 141 Å². The molecule has 0 aliphatic carbocycles. The second-order valence-corrected chi connectivity index (χ2v) is 5.97. The first-order chi connectivity index (χ1) is 11.6. The van der Waals surface area contributed by atoms with Crippen molar-refractivity contribution in [1.82, 2.24) is 15.3 Å². The van der Waals surface area contributed by atoms with Crippen LogP contribution in [-0.4, -0.2) is 22.4 Å². The summed E-state index contributed by atoms with van der Waals surface area (Å²) in [5.74, 6) is 0.544. The number of imidazole rings is 1. The molecule has 0 saturated carbocycles. The molecule has 0 fully saturated rings. The maximum Gasteiger partial charge on any atom is 0.224 e. The van der Waals surface area contributed by atoms with Crippen LogP contribution < -0.4 is 11.1 Å². The van der Waals surface area contributed by atoms with E-state index in [4.69, 9.17) is 5.73 Å². The van der Waals surface area contributed by atoms with Crippen molar-refractivity contribution in [2.45, 2.75) is 19.4 Å². The van der Waals surface area contributed by atoms with Gasteiger partial charge in [-0.05, 0) is 17.7 Å². The highest BCUT2D eigenvalue weighted by atomic mass is 16.1. The van der Waals surface area contributed by atoms with Gasteiger partial charge in [0.05, 0.1) is 17.0 Å². The van der Waals surface area contributed by atoms with E-state index >= 15 is 0 Å². The molecule has 2 unspecified atom stereocenters. The molecule has 2 atom stereocenters. The first-order valence-electron chi connectivity index (χ1n) is 8.17. The third-order valence-electron chi connectivity index (χ3n) is 4.24. The van der Waals surface area contributed by atoms with E-state index in [1.54, 1.807) is 0 Å². The molecule has 2 aromatic carbocycles.